The van der Waals surface area contributed by atoms with Crippen LogP contribution in [0.1, 0.15) is 33.1 Å². The molecule has 1 fully saturated rings. The summed E-state index contributed by atoms with van der Waals surface area (Å²) in [6.07, 6.45) is 4.87. The molecule has 0 radical (unpaired) electrons. The minimum atomic E-state index is 0.100. The molecule has 0 N–H and O–H groups in total. The summed E-state index contributed by atoms with van der Waals surface area (Å²) in [5.74, 6) is 0.770. The van der Waals surface area contributed by atoms with Gasteiger partial charge in [-0.05, 0) is 31.3 Å². The molecule has 0 aromatic rings. The third kappa shape index (κ3) is 2.58. The van der Waals surface area contributed by atoms with Crippen LogP contribution in [0.25, 0.3) is 0 Å². The molecule has 0 saturated carbocycles. The van der Waals surface area contributed by atoms with Gasteiger partial charge in [-0.25, -0.2) is 0 Å². The van der Waals surface area contributed by atoms with E-state index in [1.165, 1.54) is 6.08 Å². The van der Waals surface area contributed by atoms with Crippen LogP contribution in [0.4, 0.5) is 0 Å². The summed E-state index contributed by atoms with van der Waals surface area (Å²) in [6, 6.07) is 0.463. The minimum Gasteiger partial charge on any atom is -0.336 e. The maximum Gasteiger partial charge on any atom is 0.246 e. The highest BCUT2D eigenvalue weighted by Gasteiger charge is 2.27. The Morgan fingerprint density at radius 3 is 2.92 bits per heavy atom. The molecule has 0 aromatic heterocycles. The number of rotatable bonds is 3. The Labute approximate surface area is 80.6 Å². The van der Waals surface area contributed by atoms with Crippen LogP contribution in [0, 0.1) is 5.92 Å². The van der Waals surface area contributed by atoms with E-state index in [0.717, 1.165) is 25.8 Å². The van der Waals surface area contributed by atoms with E-state index in [1.807, 2.05) is 4.90 Å². The van der Waals surface area contributed by atoms with Gasteiger partial charge in [0.1, 0.15) is 0 Å². The van der Waals surface area contributed by atoms with Gasteiger partial charge in [-0.2, -0.15) is 0 Å². The van der Waals surface area contributed by atoms with E-state index in [0.29, 0.717) is 12.0 Å². The summed E-state index contributed by atoms with van der Waals surface area (Å²) in [7, 11) is 0. The Morgan fingerprint density at radius 2 is 2.38 bits per heavy atom. The Morgan fingerprint density at radius 1 is 1.69 bits per heavy atom. The van der Waals surface area contributed by atoms with Gasteiger partial charge < -0.3 is 4.90 Å². The molecule has 1 aliphatic rings. The van der Waals surface area contributed by atoms with E-state index in [9.17, 15) is 4.79 Å². The average Bonchev–Trinajstić information content (AvgIpc) is 2.50. The largest absolute Gasteiger partial charge is 0.336 e. The van der Waals surface area contributed by atoms with Gasteiger partial charge in [0, 0.05) is 12.6 Å². The van der Waals surface area contributed by atoms with Crippen molar-refractivity contribution in [3.63, 3.8) is 0 Å². The van der Waals surface area contributed by atoms with Gasteiger partial charge in [0.2, 0.25) is 5.91 Å². The van der Waals surface area contributed by atoms with Crippen LogP contribution < -0.4 is 0 Å². The predicted octanol–water partition coefficient (Wildman–Crippen LogP) is 2.21. The van der Waals surface area contributed by atoms with Crippen molar-refractivity contribution in [2.24, 2.45) is 5.92 Å². The molecule has 1 heterocycles. The molecule has 1 saturated heterocycles. The first-order valence-corrected chi connectivity index (χ1v) is 5.08. The van der Waals surface area contributed by atoms with Crippen LogP contribution in [0.15, 0.2) is 12.7 Å². The minimum absolute atomic E-state index is 0.100. The fourth-order valence-electron chi connectivity index (χ4n) is 2.03. The van der Waals surface area contributed by atoms with Gasteiger partial charge in [0.15, 0.2) is 0 Å². The van der Waals surface area contributed by atoms with Crippen LogP contribution >= 0.6 is 0 Å². The Balaban J connectivity index is 2.53. The van der Waals surface area contributed by atoms with E-state index < -0.39 is 0 Å². The first kappa shape index (κ1) is 10.3. The third-order valence-corrected chi connectivity index (χ3v) is 2.58. The smallest absolute Gasteiger partial charge is 0.246 e. The highest BCUT2D eigenvalue weighted by atomic mass is 16.2. The lowest BCUT2D eigenvalue weighted by molar-refractivity contribution is -0.127. The summed E-state index contributed by atoms with van der Waals surface area (Å²) in [5.41, 5.74) is 0. The van der Waals surface area contributed by atoms with Gasteiger partial charge in [0.25, 0.3) is 0 Å². The summed E-state index contributed by atoms with van der Waals surface area (Å²) in [4.78, 5) is 13.4. The van der Waals surface area contributed by atoms with Crippen molar-refractivity contribution in [3.8, 4) is 0 Å². The molecule has 1 rings (SSSR count). The van der Waals surface area contributed by atoms with Crippen molar-refractivity contribution in [1.29, 1.82) is 0 Å². The molecule has 1 aliphatic heterocycles. The molecule has 74 valence electrons. The zero-order chi connectivity index (χ0) is 9.84. The Kier molecular flexibility index (Phi) is 3.52. The van der Waals surface area contributed by atoms with E-state index in [2.05, 4.69) is 20.4 Å². The van der Waals surface area contributed by atoms with E-state index in [1.54, 1.807) is 0 Å². The number of carbonyl (C=O) groups is 1. The van der Waals surface area contributed by atoms with Gasteiger partial charge in [-0.15, -0.1) is 0 Å². The van der Waals surface area contributed by atoms with Crippen molar-refractivity contribution in [1.82, 2.24) is 4.90 Å². The fraction of sp³-hybridized carbons (Fsp3) is 0.727. The maximum atomic E-state index is 11.4. The molecule has 1 atom stereocenters. The monoisotopic (exact) mass is 181 g/mol. The number of hydrogen-bond donors (Lipinski definition) is 0. The normalized spacial score (nSPS) is 22.4. The first-order chi connectivity index (χ1) is 6.15. The average molecular weight is 181 g/mol. The zero-order valence-corrected chi connectivity index (χ0v) is 8.62. The zero-order valence-electron chi connectivity index (χ0n) is 8.62. The molecule has 0 aliphatic carbocycles. The first-order valence-electron chi connectivity index (χ1n) is 5.08. The lowest BCUT2D eigenvalue weighted by Gasteiger charge is -2.24. The van der Waals surface area contributed by atoms with Crippen molar-refractivity contribution in [2.45, 2.75) is 39.2 Å². The molecule has 1 amide bonds. The van der Waals surface area contributed by atoms with Crippen LogP contribution in [-0.4, -0.2) is 23.4 Å². The lowest BCUT2D eigenvalue weighted by Crippen LogP contribution is -2.34. The molecule has 0 spiro atoms. The lowest BCUT2D eigenvalue weighted by atomic mass is 10.0. The molecule has 0 aromatic carbocycles. The quantitative estimate of drug-likeness (QED) is 0.611. The molecule has 0 bridgehead atoms. The van der Waals surface area contributed by atoms with Gasteiger partial charge in [-0.3, -0.25) is 4.79 Å². The van der Waals surface area contributed by atoms with Crippen LogP contribution in [0.2, 0.25) is 0 Å². The van der Waals surface area contributed by atoms with Crippen LogP contribution in [0.3, 0.4) is 0 Å². The summed E-state index contributed by atoms with van der Waals surface area (Å²) < 4.78 is 0. The second-order valence-corrected chi connectivity index (χ2v) is 4.16. The van der Waals surface area contributed by atoms with E-state index in [-0.39, 0.29) is 5.91 Å². The highest BCUT2D eigenvalue weighted by molar-refractivity contribution is 5.87. The van der Waals surface area contributed by atoms with Gasteiger partial charge >= 0.3 is 0 Å². The van der Waals surface area contributed by atoms with E-state index in [4.69, 9.17) is 0 Å². The summed E-state index contributed by atoms with van der Waals surface area (Å²) >= 11 is 0. The standard InChI is InChI=1S/C11H19NO/c1-4-11(13)12-7-5-6-10(12)8-9(2)3/h4,9-10H,1,5-8H2,2-3H3/t10-/m1/s1. The van der Waals surface area contributed by atoms with Crippen molar-refractivity contribution in [2.75, 3.05) is 6.54 Å². The fourth-order valence-corrected chi connectivity index (χ4v) is 2.03. The topological polar surface area (TPSA) is 20.3 Å². The van der Waals surface area contributed by atoms with Gasteiger partial charge in [0.05, 0.1) is 0 Å². The second kappa shape index (κ2) is 4.45. The number of likely N-dealkylation sites (tertiary alicyclic amines) is 1. The predicted molar refractivity (Wildman–Crippen MR) is 54.4 cm³/mol. The number of amides is 1. The van der Waals surface area contributed by atoms with Crippen molar-refractivity contribution < 1.29 is 4.79 Å². The summed E-state index contributed by atoms with van der Waals surface area (Å²) in [6.45, 7) is 8.85. The molecular formula is C11H19NO. The Bertz CT molecular complexity index is 198. The Hall–Kier alpha value is -0.790. The van der Waals surface area contributed by atoms with Crippen LogP contribution in [-0.2, 0) is 4.79 Å². The molecule has 2 heteroatoms. The maximum absolute atomic E-state index is 11.4. The number of nitrogens with zero attached hydrogens (tertiary/aromatic N) is 1. The highest BCUT2D eigenvalue weighted by Crippen LogP contribution is 2.23. The molecule has 0 unspecified atom stereocenters. The second-order valence-electron chi connectivity index (χ2n) is 4.16. The molecule has 2 nitrogen and oxygen atoms in total. The van der Waals surface area contributed by atoms with Crippen LogP contribution in [0.5, 0.6) is 0 Å². The number of hydrogen-bond acceptors (Lipinski definition) is 1. The van der Waals surface area contributed by atoms with Crippen molar-refractivity contribution in [3.05, 3.63) is 12.7 Å². The van der Waals surface area contributed by atoms with Crippen molar-refractivity contribution >= 4 is 5.91 Å². The third-order valence-electron chi connectivity index (χ3n) is 2.58. The summed E-state index contributed by atoms with van der Waals surface area (Å²) in [5, 5.41) is 0. The van der Waals surface area contributed by atoms with Gasteiger partial charge in [-0.1, -0.05) is 20.4 Å². The SMILES string of the molecule is C=CC(=O)N1CCC[C@@H]1CC(C)C. The number of carbonyl (C=O) groups excluding carboxylic acids is 1. The molecule has 13 heavy (non-hydrogen) atoms. The molecular weight excluding hydrogens is 162 g/mol. The van der Waals surface area contributed by atoms with E-state index >= 15 is 0 Å².